The fourth-order valence-electron chi connectivity index (χ4n) is 5.37. The Morgan fingerprint density at radius 3 is 2.45 bits per heavy atom. The van der Waals surface area contributed by atoms with Gasteiger partial charge in [-0.15, -0.1) is 10.2 Å². The Hall–Kier alpha value is -3.88. The number of tetrazole rings is 1. The first kappa shape index (κ1) is 26.3. The van der Waals surface area contributed by atoms with Gasteiger partial charge in [0.25, 0.3) is 0 Å². The van der Waals surface area contributed by atoms with E-state index in [0.717, 1.165) is 38.5 Å². The first-order valence-electron chi connectivity index (χ1n) is 13.2. The molecule has 0 bridgehead atoms. The van der Waals surface area contributed by atoms with Gasteiger partial charge < -0.3 is 13.5 Å². The maximum absolute atomic E-state index is 13.8. The summed E-state index contributed by atoms with van der Waals surface area (Å²) in [4.78, 5) is 0. The topological polar surface area (TPSA) is 115 Å². The molecule has 2 aromatic heterocycles. The van der Waals surface area contributed by atoms with Crippen molar-refractivity contribution in [3.8, 4) is 0 Å². The fourth-order valence-corrected chi connectivity index (χ4v) is 6.84. The van der Waals surface area contributed by atoms with Gasteiger partial charge in [-0.1, -0.05) is 78.0 Å². The number of para-hydroxylation sites is 1. The van der Waals surface area contributed by atoms with Gasteiger partial charge in [0.2, 0.25) is 0 Å². The van der Waals surface area contributed by atoms with E-state index in [9.17, 15) is 4.57 Å². The molecule has 10 heteroatoms. The third kappa shape index (κ3) is 5.17. The van der Waals surface area contributed by atoms with Crippen LogP contribution in [0, 0.1) is 0 Å². The lowest BCUT2D eigenvalue weighted by molar-refractivity contribution is 0.251. The number of hydrogen-bond donors (Lipinski definition) is 2. The normalized spacial score (nSPS) is 13.8. The smallest absolute Gasteiger partial charge is 0.346 e. The van der Waals surface area contributed by atoms with Crippen LogP contribution in [0.4, 0.5) is 0 Å². The number of fused-ring (bicyclic) bond motifs is 4. The molecule has 204 valence electrons. The van der Waals surface area contributed by atoms with Crippen molar-refractivity contribution in [2.24, 2.45) is 0 Å². The summed E-state index contributed by atoms with van der Waals surface area (Å²) in [6.45, 7) is 0. The number of H-pyrrole nitrogens is 1. The van der Waals surface area contributed by atoms with E-state index in [1.54, 1.807) is 0 Å². The molecule has 6 rings (SSSR count). The third-order valence-corrected chi connectivity index (χ3v) is 9.60. The van der Waals surface area contributed by atoms with Gasteiger partial charge >= 0.3 is 7.60 Å². The summed E-state index contributed by atoms with van der Waals surface area (Å²) in [6, 6.07) is 28.2. The molecule has 0 unspecified atom stereocenters. The van der Waals surface area contributed by atoms with Crippen LogP contribution < -0.4 is 5.32 Å². The van der Waals surface area contributed by atoms with Crippen LogP contribution in [0.25, 0.3) is 32.7 Å². The Labute approximate surface area is 231 Å². The summed E-state index contributed by atoms with van der Waals surface area (Å²) in [5, 5.41) is 22.8. The molecule has 9 nitrogen and oxygen atoms in total. The highest BCUT2D eigenvalue weighted by molar-refractivity contribution is 7.54. The second kappa shape index (κ2) is 11.3. The molecule has 0 fully saturated rings. The number of nitrogens with one attached hydrogen (secondary N) is 2. The van der Waals surface area contributed by atoms with E-state index in [1.807, 2.05) is 42.5 Å². The van der Waals surface area contributed by atoms with Gasteiger partial charge in [-0.05, 0) is 53.3 Å². The summed E-state index contributed by atoms with van der Waals surface area (Å²) < 4.78 is 30.8. The van der Waals surface area contributed by atoms with Crippen LogP contribution >= 0.6 is 7.60 Å². The number of aryl methyl sites for hydroxylation is 1. The van der Waals surface area contributed by atoms with Crippen molar-refractivity contribution in [1.82, 2.24) is 25.9 Å². The van der Waals surface area contributed by atoms with Gasteiger partial charge in [-0.25, -0.2) is 0 Å². The highest BCUT2D eigenvalue weighted by atomic mass is 31.2. The van der Waals surface area contributed by atoms with E-state index in [2.05, 4.69) is 68.4 Å². The number of rotatable bonds is 11. The van der Waals surface area contributed by atoms with E-state index in [0.29, 0.717) is 25.1 Å². The van der Waals surface area contributed by atoms with E-state index in [-0.39, 0.29) is 0 Å². The van der Waals surface area contributed by atoms with Gasteiger partial charge in [0.15, 0.2) is 5.82 Å². The molecule has 0 aliphatic heterocycles. The van der Waals surface area contributed by atoms with Gasteiger partial charge in [0, 0.05) is 25.0 Å². The molecule has 0 aliphatic carbocycles. The molecule has 40 heavy (non-hydrogen) atoms. The molecular formula is C30H30N5O4P. The summed E-state index contributed by atoms with van der Waals surface area (Å²) >= 11 is 0. The van der Waals surface area contributed by atoms with Crippen molar-refractivity contribution < 1.29 is 18.0 Å². The van der Waals surface area contributed by atoms with Crippen molar-refractivity contribution in [3.05, 3.63) is 102 Å². The molecule has 0 amide bonds. The van der Waals surface area contributed by atoms with Gasteiger partial charge in [-0.2, -0.15) is 5.21 Å². The van der Waals surface area contributed by atoms with E-state index in [1.165, 1.54) is 19.6 Å². The second-order valence-electron chi connectivity index (χ2n) is 9.72. The minimum atomic E-state index is -3.52. The highest BCUT2D eigenvalue weighted by Gasteiger charge is 2.36. The highest BCUT2D eigenvalue weighted by Crippen LogP contribution is 2.52. The molecule has 0 radical (unpaired) electrons. The number of furan rings is 1. The van der Waals surface area contributed by atoms with Crippen molar-refractivity contribution in [2.45, 2.75) is 31.1 Å². The molecule has 2 heterocycles. The van der Waals surface area contributed by atoms with Crippen LogP contribution in [-0.2, 0) is 26.5 Å². The first-order chi connectivity index (χ1) is 19.6. The molecule has 0 saturated carbocycles. The Kier molecular flexibility index (Phi) is 7.45. The van der Waals surface area contributed by atoms with Gasteiger partial charge in [0.1, 0.15) is 16.9 Å². The van der Waals surface area contributed by atoms with Crippen LogP contribution in [0.2, 0.25) is 0 Å². The lowest BCUT2D eigenvalue weighted by Gasteiger charge is -2.29. The Morgan fingerprint density at radius 2 is 1.65 bits per heavy atom. The summed E-state index contributed by atoms with van der Waals surface area (Å²) in [5.74, 6) is -0.168. The molecule has 0 spiro atoms. The van der Waals surface area contributed by atoms with Crippen LogP contribution in [0.15, 0.2) is 89.3 Å². The average molecular weight is 556 g/mol. The van der Waals surface area contributed by atoms with Crippen molar-refractivity contribution in [1.29, 1.82) is 0 Å². The van der Waals surface area contributed by atoms with Crippen LogP contribution in [0.5, 0.6) is 0 Å². The minimum absolute atomic E-state index is 0.420. The largest absolute Gasteiger partial charge is 0.456 e. The van der Waals surface area contributed by atoms with E-state index < -0.39 is 19.4 Å². The molecular weight excluding hydrogens is 525 g/mol. The van der Waals surface area contributed by atoms with Crippen molar-refractivity contribution in [2.75, 3.05) is 14.2 Å². The maximum Gasteiger partial charge on any atom is 0.346 e. The fraction of sp³-hybridized carbons (Fsp3) is 0.233. The number of nitrogens with zero attached hydrogens (tertiary/aromatic N) is 3. The Bertz CT molecular complexity index is 1790. The van der Waals surface area contributed by atoms with Crippen LogP contribution in [0.1, 0.15) is 29.4 Å². The minimum Gasteiger partial charge on any atom is -0.456 e. The molecule has 0 saturated heterocycles. The SMILES string of the molecule is COP(=O)(OC)[C@H](CCc1cccc2ccccc12)N[C@@H](Cc1ccc2c(c1)oc1ccccc12)c1nn[nH]n1. The lowest BCUT2D eigenvalue weighted by Crippen LogP contribution is -2.36. The van der Waals surface area contributed by atoms with Crippen LogP contribution in [0.3, 0.4) is 0 Å². The summed E-state index contributed by atoms with van der Waals surface area (Å²) in [7, 11) is -0.699. The van der Waals surface area contributed by atoms with E-state index >= 15 is 0 Å². The lowest BCUT2D eigenvalue weighted by atomic mass is 10.0. The number of hydrogen-bond acceptors (Lipinski definition) is 8. The molecule has 6 aromatic rings. The molecule has 2 N–H and O–H groups in total. The number of aromatic nitrogens is 4. The first-order valence-corrected chi connectivity index (χ1v) is 14.8. The Morgan fingerprint density at radius 1 is 0.900 bits per heavy atom. The number of benzene rings is 4. The predicted octanol–water partition coefficient (Wildman–Crippen LogP) is 6.57. The average Bonchev–Trinajstić information content (AvgIpc) is 3.66. The van der Waals surface area contributed by atoms with Crippen molar-refractivity contribution >= 4 is 40.3 Å². The molecule has 2 atom stereocenters. The van der Waals surface area contributed by atoms with Gasteiger partial charge in [0.05, 0.1) is 6.04 Å². The summed E-state index contributed by atoms with van der Waals surface area (Å²) in [5.41, 5.74) is 3.82. The Balaban J connectivity index is 1.30. The monoisotopic (exact) mass is 555 g/mol. The zero-order valence-electron chi connectivity index (χ0n) is 22.3. The molecule has 0 aliphatic rings. The molecule has 4 aromatic carbocycles. The van der Waals surface area contributed by atoms with Crippen LogP contribution in [-0.4, -0.2) is 40.6 Å². The third-order valence-electron chi connectivity index (χ3n) is 7.41. The zero-order valence-corrected chi connectivity index (χ0v) is 23.2. The van der Waals surface area contributed by atoms with E-state index in [4.69, 9.17) is 13.5 Å². The number of aromatic amines is 1. The standard InChI is InChI=1S/C30H30N5O4P/c1-37-40(36,38-2)29(17-15-22-10-7-9-21-8-3-4-11-23(21)22)31-26(30-32-34-35-33-30)18-20-14-16-25-24-12-5-6-13-27(24)39-28(25)19-20/h3-14,16,19,26,29,31H,15,17-18H2,1-2H3,(H,32,33,34,35)/t26-,29+/m0/s1. The second-order valence-corrected chi connectivity index (χ2v) is 12.2. The maximum atomic E-state index is 13.8. The predicted molar refractivity (Wildman–Crippen MR) is 155 cm³/mol. The van der Waals surface area contributed by atoms with Crippen molar-refractivity contribution in [3.63, 3.8) is 0 Å². The van der Waals surface area contributed by atoms with Gasteiger partial charge in [-0.3, -0.25) is 9.88 Å². The summed E-state index contributed by atoms with van der Waals surface area (Å²) in [6.07, 6.45) is 1.67. The quantitative estimate of drug-likeness (QED) is 0.173. The zero-order chi connectivity index (χ0) is 27.5.